The number of esters is 1. The Morgan fingerprint density at radius 1 is 1.03 bits per heavy atom. The summed E-state index contributed by atoms with van der Waals surface area (Å²) in [4.78, 5) is 63.9. The highest BCUT2D eigenvalue weighted by Crippen LogP contribution is 2.19. The van der Waals surface area contributed by atoms with Gasteiger partial charge in [0.2, 0.25) is 11.8 Å². The van der Waals surface area contributed by atoms with Crippen LogP contribution in [0.5, 0.6) is 5.88 Å². The van der Waals surface area contributed by atoms with Crippen molar-refractivity contribution in [3.05, 3.63) is 11.8 Å². The molecule has 0 bridgehead atoms. The maximum Gasteiger partial charge on any atom is 0.409 e. The van der Waals surface area contributed by atoms with Gasteiger partial charge in [0.25, 0.3) is 5.91 Å². The molecule has 1 saturated heterocycles. The number of hydrogen-bond donors (Lipinski definition) is 2. The van der Waals surface area contributed by atoms with E-state index >= 15 is 0 Å². The van der Waals surface area contributed by atoms with Crippen LogP contribution in [0.2, 0.25) is 0 Å². The van der Waals surface area contributed by atoms with Gasteiger partial charge >= 0.3 is 18.0 Å². The van der Waals surface area contributed by atoms with Gasteiger partial charge in [0.1, 0.15) is 6.04 Å². The Morgan fingerprint density at radius 3 is 2.22 bits per heavy atom. The number of carboxylic acid groups (broad SMARTS) is 1. The molecule has 0 radical (unpaired) electrons. The number of aromatic nitrogens is 2. The number of rotatable bonds is 12. The number of amides is 3. The molecule has 2 N–H and O–H groups in total. The SMILES string of the molecule is CCOC(=O)COc1cc(C(=O)NC(CCC(=O)O)C(=O)N2CCN(C(=O)OCC)CC2)nn1C(C)C. The molecule has 1 aromatic heterocycles. The molecule has 14 heteroatoms. The molecule has 1 aromatic rings. The van der Waals surface area contributed by atoms with Crippen molar-refractivity contribution in [1.82, 2.24) is 24.9 Å². The van der Waals surface area contributed by atoms with E-state index < -0.39 is 35.9 Å². The maximum absolute atomic E-state index is 13.2. The van der Waals surface area contributed by atoms with Gasteiger partial charge in [0.05, 0.1) is 19.3 Å². The van der Waals surface area contributed by atoms with Crippen LogP contribution in [0, 0.1) is 0 Å². The molecule has 1 aliphatic heterocycles. The van der Waals surface area contributed by atoms with E-state index in [4.69, 9.17) is 19.3 Å². The first kappa shape index (κ1) is 29.4. The molecule has 1 atom stereocenters. The van der Waals surface area contributed by atoms with E-state index in [1.54, 1.807) is 27.7 Å². The third-order valence-electron chi connectivity index (χ3n) is 5.43. The molecule has 1 unspecified atom stereocenters. The van der Waals surface area contributed by atoms with Gasteiger partial charge in [0, 0.05) is 38.7 Å². The van der Waals surface area contributed by atoms with E-state index in [0.29, 0.717) is 0 Å². The van der Waals surface area contributed by atoms with Crippen LogP contribution >= 0.6 is 0 Å². The highest BCUT2D eigenvalue weighted by atomic mass is 16.6. The second-order valence-electron chi connectivity index (χ2n) is 8.47. The lowest BCUT2D eigenvalue weighted by Crippen LogP contribution is -2.56. The van der Waals surface area contributed by atoms with E-state index in [9.17, 15) is 24.0 Å². The molecule has 37 heavy (non-hydrogen) atoms. The van der Waals surface area contributed by atoms with E-state index in [-0.39, 0.29) is 76.5 Å². The Labute approximate surface area is 214 Å². The minimum Gasteiger partial charge on any atom is -0.481 e. The van der Waals surface area contributed by atoms with Gasteiger partial charge in [-0.2, -0.15) is 5.10 Å². The molecule has 14 nitrogen and oxygen atoms in total. The van der Waals surface area contributed by atoms with E-state index in [2.05, 4.69) is 10.4 Å². The zero-order valence-corrected chi connectivity index (χ0v) is 21.6. The fraction of sp³-hybridized carbons (Fsp3) is 0.652. The fourth-order valence-electron chi connectivity index (χ4n) is 3.60. The minimum atomic E-state index is -1.12. The molecule has 3 amide bonds. The quantitative estimate of drug-likeness (QED) is 0.370. The summed E-state index contributed by atoms with van der Waals surface area (Å²) < 4.78 is 16.7. The lowest BCUT2D eigenvalue weighted by Gasteiger charge is -2.35. The number of hydrogen-bond acceptors (Lipinski definition) is 9. The Hall–Kier alpha value is -3.84. The van der Waals surface area contributed by atoms with Crippen molar-refractivity contribution < 1.29 is 43.3 Å². The average molecular weight is 526 g/mol. The van der Waals surface area contributed by atoms with Crippen molar-refractivity contribution in [2.24, 2.45) is 0 Å². The number of carbonyl (C=O) groups excluding carboxylic acids is 4. The molecule has 0 aromatic carbocycles. The number of piperazine rings is 1. The van der Waals surface area contributed by atoms with Crippen LogP contribution < -0.4 is 10.1 Å². The monoisotopic (exact) mass is 525 g/mol. The second-order valence-corrected chi connectivity index (χ2v) is 8.47. The van der Waals surface area contributed by atoms with Gasteiger partial charge < -0.3 is 34.4 Å². The highest BCUT2D eigenvalue weighted by molar-refractivity contribution is 5.96. The summed E-state index contributed by atoms with van der Waals surface area (Å²) in [6.07, 6.45) is -0.935. The van der Waals surface area contributed by atoms with Crippen LogP contribution in [-0.4, -0.2) is 107 Å². The lowest BCUT2D eigenvalue weighted by atomic mass is 10.1. The first-order chi connectivity index (χ1) is 17.6. The Bertz CT molecular complexity index is 970. The largest absolute Gasteiger partial charge is 0.481 e. The molecule has 2 rings (SSSR count). The highest BCUT2D eigenvalue weighted by Gasteiger charge is 2.31. The molecule has 1 fully saturated rings. The summed E-state index contributed by atoms with van der Waals surface area (Å²) in [7, 11) is 0. The van der Waals surface area contributed by atoms with Gasteiger partial charge in [-0.05, 0) is 34.1 Å². The fourth-order valence-corrected chi connectivity index (χ4v) is 3.60. The first-order valence-corrected chi connectivity index (χ1v) is 12.2. The van der Waals surface area contributed by atoms with Gasteiger partial charge in [-0.1, -0.05) is 0 Å². The number of nitrogens with zero attached hydrogens (tertiary/aromatic N) is 4. The standard InChI is InChI=1S/C23H35N5O9/c1-5-35-20(31)14-37-18-13-17(25-28(18)15(3)4)21(32)24-16(7-8-19(29)30)22(33)26-9-11-27(12-10-26)23(34)36-6-2/h13,15-16H,5-12,14H2,1-4H3,(H,24,32)(H,29,30). The molecule has 1 aliphatic rings. The van der Waals surface area contributed by atoms with Gasteiger partial charge in [0.15, 0.2) is 12.3 Å². The molecule has 0 spiro atoms. The summed E-state index contributed by atoms with van der Waals surface area (Å²) in [5.74, 6) is -2.68. The van der Waals surface area contributed by atoms with Crippen LogP contribution in [0.1, 0.15) is 57.1 Å². The smallest absolute Gasteiger partial charge is 0.409 e. The zero-order chi connectivity index (χ0) is 27.5. The number of nitrogens with one attached hydrogen (secondary N) is 1. The predicted molar refractivity (Wildman–Crippen MR) is 128 cm³/mol. The van der Waals surface area contributed by atoms with Crippen molar-refractivity contribution in [2.75, 3.05) is 46.0 Å². The summed E-state index contributed by atoms with van der Waals surface area (Å²) in [5, 5.41) is 15.9. The van der Waals surface area contributed by atoms with Crippen LogP contribution in [0.25, 0.3) is 0 Å². The van der Waals surface area contributed by atoms with E-state index in [1.165, 1.54) is 20.5 Å². The lowest BCUT2D eigenvalue weighted by molar-refractivity contribution is -0.145. The van der Waals surface area contributed by atoms with Gasteiger partial charge in [-0.3, -0.25) is 14.4 Å². The van der Waals surface area contributed by atoms with Crippen molar-refractivity contribution in [3.63, 3.8) is 0 Å². The van der Waals surface area contributed by atoms with E-state index in [1.807, 2.05) is 0 Å². The van der Waals surface area contributed by atoms with Crippen molar-refractivity contribution in [3.8, 4) is 5.88 Å². The van der Waals surface area contributed by atoms with Crippen LogP contribution in [0.3, 0.4) is 0 Å². The van der Waals surface area contributed by atoms with E-state index in [0.717, 1.165) is 0 Å². The van der Waals surface area contributed by atoms with Crippen LogP contribution in [0.4, 0.5) is 4.79 Å². The molecular weight excluding hydrogens is 490 g/mol. The Morgan fingerprint density at radius 2 is 1.65 bits per heavy atom. The normalized spacial score (nSPS) is 14.2. The number of aliphatic carboxylic acids is 1. The number of carboxylic acids is 1. The summed E-state index contributed by atoms with van der Waals surface area (Å²) in [6, 6.07) is 0.00973. The predicted octanol–water partition coefficient (Wildman–Crippen LogP) is 0.670. The molecule has 206 valence electrons. The molecule has 0 saturated carbocycles. The summed E-state index contributed by atoms with van der Waals surface area (Å²) in [6.45, 7) is 7.98. The van der Waals surface area contributed by atoms with Gasteiger partial charge in [-0.15, -0.1) is 0 Å². The molecule has 2 heterocycles. The van der Waals surface area contributed by atoms with Crippen molar-refractivity contribution >= 4 is 29.8 Å². The first-order valence-electron chi connectivity index (χ1n) is 12.2. The number of ether oxygens (including phenoxy) is 3. The second kappa shape index (κ2) is 14.0. The summed E-state index contributed by atoms with van der Waals surface area (Å²) >= 11 is 0. The Balaban J connectivity index is 2.12. The Kier molecular flexibility index (Phi) is 11.2. The average Bonchev–Trinajstić information content (AvgIpc) is 3.30. The van der Waals surface area contributed by atoms with Crippen LogP contribution in [0.15, 0.2) is 6.07 Å². The third-order valence-corrected chi connectivity index (χ3v) is 5.43. The number of carbonyl (C=O) groups is 5. The van der Waals surface area contributed by atoms with Crippen molar-refractivity contribution in [2.45, 2.75) is 52.6 Å². The molecular formula is C23H35N5O9. The maximum atomic E-state index is 13.2. The van der Waals surface area contributed by atoms with Crippen LogP contribution in [-0.2, 0) is 23.9 Å². The van der Waals surface area contributed by atoms with Gasteiger partial charge in [-0.25, -0.2) is 14.3 Å². The van der Waals surface area contributed by atoms with Crippen molar-refractivity contribution in [1.29, 1.82) is 0 Å². The topological polar surface area (TPSA) is 170 Å². The summed E-state index contributed by atoms with van der Waals surface area (Å²) in [5.41, 5.74) is -0.0622. The zero-order valence-electron chi connectivity index (χ0n) is 21.6. The molecule has 0 aliphatic carbocycles. The minimum absolute atomic E-state index is 0.0622. The third kappa shape index (κ3) is 8.65.